The van der Waals surface area contributed by atoms with Crippen molar-refractivity contribution in [1.82, 2.24) is 4.72 Å². The van der Waals surface area contributed by atoms with E-state index in [9.17, 15) is 8.42 Å². The molecular formula is C12H19NO3S2. The molecule has 1 aromatic carbocycles. The van der Waals surface area contributed by atoms with Crippen molar-refractivity contribution in [3.8, 4) is 0 Å². The highest BCUT2D eigenvalue weighted by Crippen LogP contribution is 2.16. The lowest BCUT2D eigenvalue weighted by Crippen LogP contribution is -2.34. The number of benzene rings is 1. The normalized spacial score (nSPS) is 13.5. The third kappa shape index (κ3) is 4.28. The maximum absolute atomic E-state index is 12.2. The van der Waals surface area contributed by atoms with Crippen molar-refractivity contribution in [1.29, 1.82) is 0 Å². The maximum Gasteiger partial charge on any atom is 0.241 e. The van der Waals surface area contributed by atoms with Crippen molar-refractivity contribution in [3.63, 3.8) is 0 Å². The van der Waals surface area contributed by atoms with Gasteiger partial charge in [-0.25, -0.2) is 13.1 Å². The lowest BCUT2D eigenvalue weighted by molar-refractivity contribution is 0.278. The molecule has 0 heterocycles. The van der Waals surface area contributed by atoms with Crippen LogP contribution in [-0.4, -0.2) is 31.1 Å². The summed E-state index contributed by atoms with van der Waals surface area (Å²) >= 11 is 1.69. The lowest BCUT2D eigenvalue weighted by atomic mass is 10.2. The van der Waals surface area contributed by atoms with Gasteiger partial charge in [-0.2, -0.15) is 11.8 Å². The average Bonchev–Trinajstić information content (AvgIpc) is 2.35. The first-order valence-corrected chi connectivity index (χ1v) is 8.44. The van der Waals surface area contributed by atoms with Crippen molar-refractivity contribution in [3.05, 3.63) is 29.8 Å². The Morgan fingerprint density at radius 2 is 2.06 bits per heavy atom. The second kappa shape index (κ2) is 7.13. The average molecular weight is 289 g/mol. The quantitative estimate of drug-likeness (QED) is 0.800. The molecule has 0 aromatic heterocycles. The molecule has 1 rings (SSSR count). The summed E-state index contributed by atoms with van der Waals surface area (Å²) < 4.78 is 26.9. The number of aliphatic hydroxyl groups excluding tert-OH is 1. The highest BCUT2D eigenvalue weighted by atomic mass is 32.2. The molecule has 1 atom stereocenters. The van der Waals surface area contributed by atoms with Crippen molar-refractivity contribution in [2.75, 3.05) is 11.5 Å². The lowest BCUT2D eigenvalue weighted by Gasteiger charge is -2.15. The molecule has 18 heavy (non-hydrogen) atoms. The molecule has 0 spiro atoms. The number of hydrogen-bond acceptors (Lipinski definition) is 4. The van der Waals surface area contributed by atoms with Gasteiger partial charge in [-0.1, -0.05) is 25.1 Å². The SMILES string of the molecule is CCSCC(C)NS(=O)(=O)c1ccccc1CO. The van der Waals surface area contributed by atoms with Gasteiger partial charge in [0.15, 0.2) is 0 Å². The van der Waals surface area contributed by atoms with Gasteiger partial charge in [-0.05, 0) is 24.3 Å². The monoisotopic (exact) mass is 289 g/mol. The van der Waals surface area contributed by atoms with Crippen molar-refractivity contribution in [2.45, 2.75) is 31.4 Å². The summed E-state index contributed by atoms with van der Waals surface area (Å²) in [4.78, 5) is 0.154. The minimum atomic E-state index is -3.56. The summed E-state index contributed by atoms with van der Waals surface area (Å²) in [7, 11) is -3.56. The Kier molecular flexibility index (Phi) is 6.14. The Balaban J connectivity index is 2.86. The van der Waals surface area contributed by atoms with Crippen LogP contribution in [0.3, 0.4) is 0 Å². The van der Waals surface area contributed by atoms with E-state index in [2.05, 4.69) is 4.72 Å². The van der Waals surface area contributed by atoms with Crippen LogP contribution in [0.5, 0.6) is 0 Å². The van der Waals surface area contributed by atoms with Crippen LogP contribution < -0.4 is 4.72 Å². The van der Waals surface area contributed by atoms with Gasteiger partial charge in [0.2, 0.25) is 10.0 Å². The third-order valence-electron chi connectivity index (χ3n) is 2.36. The van der Waals surface area contributed by atoms with Crippen LogP contribution in [0.1, 0.15) is 19.4 Å². The largest absolute Gasteiger partial charge is 0.392 e. The Hall–Kier alpha value is -0.560. The molecule has 6 heteroatoms. The molecule has 0 radical (unpaired) electrons. The van der Waals surface area contributed by atoms with E-state index in [1.807, 2.05) is 13.8 Å². The number of rotatable bonds is 7. The van der Waals surface area contributed by atoms with Crippen molar-refractivity contribution >= 4 is 21.8 Å². The predicted molar refractivity (Wildman–Crippen MR) is 75.1 cm³/mol. The topological polar surface area (TPSA) is 66.4 Å². The molecule has 0 bridgehead atoms. The second-order valence-electron chi connectivity index (χ2n) is 3.95. The fraction of sp³-hybridized carbons (Fsp3) is 0.500. The summed E-state index contributed by atoms with van der Waals surface area (Å²) in [6.07, 6.45) is 0. The first kappa shape index (κ1) is 15.5. The Morgan fingerprint density at radius 1 is 1.39 bits per heavy atom. The van der Waals surface area contributed by atoms with Crippen LogP contribution in [0.25, 0.3) is 0 Å². The van der Waals surface area contributed by atoms with Gasteiger partial charge < -0.3 is 5.11 Å². The molecule has 0 saturated carbocycles. The molecule has 102 valence electrons. The van der Waals surface area contributed by atoms with Crippen LogP contribution in [0.15, 0.2) is 29.2 Å². The summed E-state index contributed by atoms with van der Waals surface area (Å²) in [5.41, 5.74) is 0.417. The van der Waals surface area contributed by atoms with Crippen LogP contribution in [0.2, 0.25) is 0 Å². The first-order chi connectivity index (χ1) is 8.51. The molecular weight excluding hydrogens is 270 g/mol. The first-order valence-electron chi connectivity index (χ1n) is 5.80. The molecule has 0 aliphatic heterocycles. The summed E-state index contributed by atoms with van der Waals surface area (Å²) in [5, 5.41) is 9.16. The Labute approximate surface area is 113 Å². The van der Waals surface area contributed by atoms with Gasteiger partial charge in [0, 0.05) is 11.8 Å². The number of thioether (sulfide) groups is 1. The summed E-state index contributed by atoms with van der Waals surface area (Å²) in [6, 6.07) is 6.35. The van der Waals surface area contributed by atoms with E-state index in [4.69, 9.17) is 5.11 Å². The second-order valence-corrected chi connectivity index (χ2v) is 6.95. The third-order valence-corrected chi connectivity index (χ3v) is 5.19. The summed E-state index contributed by atoms with van der Waals surface area (Å²) in [5.74, 6) is 1.69. The van der Waals surface area contributed by atoms with Crippen molar-refractivity contribution < 1.29 is 13.5 Å². The maximum atomic E-state index is 12.2. The number of hydrogen-bond donors (Lipinski definition) is 2. The smallest absolute Gasteiger partial charge is 0.241 e. The molecule has 0 fully saturated rings. The van der Waals surface area contributed by atoms with Crippen LogP contribution in [-0.2, 0) is 16.6 Å². The van der Waals surface area contributed by atoms with Gasteiger partial charge in [-0.15, -0.1) is 0 Å². The highest BCUT2D eigenvalue weighted by Gasteiger charge is 2.19. The molecule has 0 aliphatic rings. The molecule has 0 amide bonds. The van der Waals surface area contributed by atoms with E-state index >= 15 is 0 Å². The van der Waals surface area contributed by atoms with E-state index in [0.717, 1.165) is 11.5 Å². The van der Waals surface area contributed by atoms with Gasteiger partial charge in [0.1, 0.15) is 0 Å². The molecule has 1 unspecified atom stereocenters. The molecule has 4 nitrogen and oxygen atoms in total. The highest BCUT2D eigenvalue weighted by molar-refractivity contribution is 7.99. The fourth-order valence-electron chi connectivity index (χ4n) is 1.55. The van der Waals surface area contributed by atoms with Crippen LogP contribution in [0, 0.1) is 0 Å². The van der Waals surface area contributed by atoms with Gasteiger partial charge >= 0.3 is 0 Å². The van der Waals surface area contributed by atoms with E-state index in [-0.39, 0.29) is 17.5 Å². The van der Waals surface area contributed by atoms with Crippen LogP contribution >= 0.6 is 11.8 Å². The zero-order valence-electron chi connectivity index (χ0n) is 10.6. The zero-order valence-corrected chi connectivity index (χ0v) is 12.2. The molecule has 0 aliphatic carbocycles. The molecule has 1 aromatic rings. The predicted octanol–water partition coefficient (Wildman–Crippen LogP) is 1.60. The van der Waals surface area contributed by atoms with E-state index in [1.165, 1.54) is 6.07 Å². The van der Waals surface area contributed by atoms with Gasteiger partial charge in [0.25, 0.3) is 0 Å². The van der Waals surface area contributed by atoms with Crippen LogP contribution in [0.4, 0.5) is 0 Å². The van der Waals surface area contributed by atoms with Gasteiger partial charge in [0.05, 0.1) is 11.5 Å². The molecule has 0 saturated heterocycles. The van der Waals surface area contributed by atoms with E-state index in [1.54, 1.807) is 30.0 Å². The van der Waals surface area contributed by atoms with Gasteiger partial charge in [-0.3, -0.25) is 0 Å². The minimum absolute atomic E-state index is 0.133. The van der Waals surface area contributed by atoms with Crippen molar-refractivity contribution in [2.24, 2.45) is 0 Å². The Morgan fingerprint density at radius 3 is 2.67 bits per heavy atom. The van der Waals surface area contributed by atoms with E-state index < -0.39 is 10.0 Å². The summed E-state index contributed by atoms with van der Waals surface area (Å²) in [6.45, 7) is 3.59. The van der Waals surface area contributed by atoms with E-state index in [0.29, 0.717) is 5.56 Å². The number of aliphatic hydroxyl groups is 1. The zero-order chi connectivity index (χ0) is 13.6. The minimum Gasteiger partial charge on any atom is -0.392 e. The number of sulfonamides is 1. The molecule has 2 N–H and O–H groups in total. The standard InChI is InChI=1S/C12H19NO3S2/c1-3-17-9-10(2)13-18(15,16)12-7-5-4-6-11(12)8-14/h4-7,10,13-14H,3,8-9H2,1-2H3. The fourth-order valence-corrected chi connectivity index (χ4v) is 3.81. The number of nitrogens with one attached hydrogen (secondary N) is 1. The Bertz CT molecular complexity index is 474.